The van der Waals surface area contributed by atoms with Gasteiger partial charge in [-0.2, -0.15) is 4.39 Å². The number of carboxylic acid groups (broad SMARTS) is 1. The van der Waals surface area contributed by atoms with Crippen LogP contribution in [0.5, 0.6) is 0 Å². The molecule has 0 aromatic carbocycles. The zero-order valence-electron chi connectivity index (χ0n) is 10.3. The van der Waals surface area contributed by atoms with Crippen molar-refractivity contribution in [2.75, 3.05) is 6.54 Å². The second-order valence-corrected chi connectivity index (χ2v) is 4.72. The number of aliphatic carboxylic acids is 1. The topological polar surface area (TPSA) is 79.3 Å². The number of pyridine rings is 1. The van der Waals surface area contributed by atoms with E-state index >= 15 is 0 Å². The highest BCUT2D eigenvalue weighted by Crippen LogP contribution is 2.31. The molecule has 19 heavy (non-hydrogen) atoms. The van der Waals surface area contributed by atoms with Gasteiger partial charge in [0.1, 0.15) is 0 Å². The van der Waals surface area contributed by atoms with Crippen LogP contribution in [0.15, 0.2) is 18.3 Å². The summed E-state index contributed by atoms with van der Waals surface area (Å²) in [6, 6.07) is 2.46. The van der Waals surface area contributed by atoms with Crippen LogP contribution < -0.4 is 5.32 Å². The first kappa shape index (κ1) is 13.5. The standard InChI is InChI=1S/C13H15FN2O3/c14-11-5-4-9(7-15-11)12(17)16-6-8-2-1-3-10(8)13(18)19/h4-5,7-8,10H,1-3,6H2,(H,16,17)(H,18,19). The molecule has 6 heteroatoms. The van der Waals surface area contributed by atoms with E-state index < -0.39 is 11.9 Å². The molecule has 5 nitrogen and oxygen atoms in total. The molecule has 2 unspecified atom stereocenters. The van der Waals surface area contributed by atoms with Gasteiger partial charge in [0.05, 0.1) is 11.5 Å². The van der Waals surface area contributed by atoms with E-state index in [4.69, 9.17) is 5.11 Å². The van der Waals surface area contributed by atoms with Gasteiger partial charge in [0, 0.05) is 12.7 Å². The van der Waals surface area contributed by atoms with Crippen LogP contribution >= 0.6 is 0 Å². The highest BCUT2D eigenvalue weighted by atomic mass is 19.1. The summed E-state index contributed by atoms with van der Waals surface area (Å²) in [7, 11) is 0. The third-order valence-corrected chi connectivity index (χ3v) is 3.49. The molecule has 1 saturated carbocycles. The Hall–Kier alpha value is -1.98. The summed E-state index contributed by atoms with van der Waals surface area (Å²) >= 11 is 0. The second-order valence-electron chi connectivity index (χ2n) is 4.72. The number of carbonyl (C=O) groups excluding carboxylic acids is 1. The Labute approximate surface area is 109 Å². The van der Waals surface area contributed by atoms with E-state index in [1.807, 2.05) is 0 Å². The van der Waals surface area contributed by atoms with Gasteiger partial charge in [0.15, 0.2) is 0 Å². The van der Waals surface area contributed by atoms with Gasteiger partial charge in [0.25, 0.3) is 5.91 Å². The minimum absolute atomic E-state index is 0.0325. The van der Waals surface area contributed by atoms with E-state index in [1.54, 1.807) is 0 Å². The van der Waals surface area contributed by atoms with E-state index in [0.29, 0.717) is 13.0 Å². The maximum atomic E-state index is 12.6. The summed E-state index contributed by atoms with van der Waals surface area (Å²) in [4.78, 5) is 26.2. The van der Waals surface area contributed by atoms with Gasteiger partial charge in [0.2, 0.25) is 5.95 Å². The van der Waals surface area contributed by atoms with Gasteiger partial charge in [-0.3, -0.25) is 9.59 Å². The molecular weight excluding hydrogens is 251 g/mol. The summed E-state index contributed by atoms with van der Waals surface area (Å²) in [5, 5.41) is 11.7. The molecule has 0 saturated heterocycles. The monoisotopic (exact) mass is 266 g/mol. The second kappa shape index (κ2) is 5.77. The molecule has 1 aliphatic carbocycles. The number of nitrogens with one attached hydrogen (secondary N) is 1. The number of amides is 1. The average Bonchev–Trinajstić information content (AvgIpc) is 2.85. The molecule has 2 rings (SSSR count). The summed E-state index contributed by atoms with van der Waals surface area (Å²) in [6.07, 6.45) is 3.50. The molecular formula is C13H15FN2O3. The first-order valence-corrected chi connectivity index (χ1v) is 6.20. The third-order valence-electron chi connectivity index (χ3n) is 3.49. The van der Waals surface area contributed by atoms with Crippen molar-refractivity contribution >= 4 is 11.9 Å². The van der Waals surface area contributed by atoms with E-state index in [0.717, 1.165) is 25.1 Å². The Balaban J connectivity index is 1.90. The van der Waals surface area contributed by atoms with Crippen LogP contribution in [0.25, 0.3) is 0 Å². The van der Waals surface area contributed by atoms with Crippen LogP contribution in [0.1, 0.15) is 29.6 Å². The highest BCUT2D eigenvalue weighted by Gasteiger charge is 2.32. The largest absolute Gasteiger partial charge is 0.481 e. The molecule has 2 N–H and O–H groups in total. The molecule has 0 bridgehead atoms. The van der Waals surface area contributed by atoms with Crippen LogP contribution in [-0.4, -0.2) is 28.5 Å². The van der Waals surface area contributed by atoms with Gasteiger partial charge in [-0.25, -0.2) is 4.98 Å². The minimum atomic E-state index is -0.805. The van der Waals surface area contributed by atoms with Crippen molar-refractivity contribution in [3.05, 3.63) is 29.8 Å². The number of carbonyl (C=O) groups is 2. The fraction of sp³-hybridized carbons (Fsp3) is 0.462. The smallest absolute Gasteiger partial charge is 0.306 e. The first-order chi connectivity index (χ1) is 9.08. The Bertz CT molecular complexity index is 475. The summed E-state index contributed by atoms with van der Waals surface area (Å²) in [5.74, 6) is -2.22. The van der Waals surface area contributed by atoms with Crippen molar-refractivity contribution in [2.24, 2.45) is 11.8 Å². The van der Waals surface area contributed by atoms with E-state index in [1.165, 1.54) is 6.07 Å². The summed E-state index contributed by atoms with van der Waals surface area (Å²) < 4.78 is 12.6. The number of rotatable bonds is 4. The number of hydrogen-bond acceptors (Lipinski definition) is 3. The lowest BCUT2D eigenvalue weighted by atomic mass is 9.96. The zero-order valence-corrected chi connectivity index (χ0v) is 10.3. The van der Waals surface area contributed by atoms with Crippen molar-refractivity contribution in [1.82, 2.24) is 10.3 Å². The maximum Gasteiger partial charge on any atom is 0.306 e. The highest BCUT2D eigenvalue weighted by molar-refractivity contribution is 5.93. The van der Waals surface area contributed by atoms with Crippen LogP contribution in [0.3, 0.4) is 0 Å². The molecule has 1 amide bonds. The number of carboxylic acids is 1. The molecule has 1 aromatic rings. The number of halogens is 1. The Morgan fingerprint density at radius 2 is 2.21 bits per heavy atom. The van der Waals surface area contributed by atoms with Crippen molar-refractivity contribution < 1.29 is 19.1 Å². The van der Waals surface area contributed by atoms with Gasteiger partial charge >= 0.3 is 5.97 Å². The lowest BCUT2D eigenvalue weighted by molar-refractivity contribution is -0.142. The molecule has 1 aromatic heterocycles. The fourth-order valence-corrected chi connectivity index (χ4v) is 2.44. The van der Waals surface area contributed by atoms with E-state index in [9.17, 15) is 14.0 Å². The predicted molar refractivity (Wildman–Crippen MR) is 65.0 cm³/mol. The summed E-state index contributed by atoms with van der Waals surface area (Å²) in [5.41, 5.74) is 0.270. The van der Waals surface area contributed by atoms with Crippen LogP contribution in [0.4, 0.5) is 4.39 Å². The third kappa shape index (κ3) is 3.27. The van der Waals surface area contributed by atoms with Crippen LogP contribution in [-0.2, 0) is 4.79 Å². The molecule has 1 aliphatic rings. The SMILES string of the molecule is O=C(NCC1CCCC1C(=O)O)c1ccc(F)nc1. The van der Waals surface area contributed by atoms with E-state index in [2.05, 4.69) is 10.3 Å². The molecule has 0 spiro atoms. The minimum Gasteiger partial charge on any atom is -0.481 e. The van der Waals surface area contributed by atoms with Crippen LogP contribution in [0, 0.1) is 17.8 Å². The zero-order chi connectivity index (χ0) is 13.8. The number of aromatic nitrogens is 1. The average molecular weight is 266 g/mol. The fourth-order valence-electron chi connectivity index (χ4n) is 2.44. The van der Waals surface area contributed by atoms with Gasteiger partial charge in [-0.15, -0.1) is 0 Å². The van der Waals surface area contributed by atoms with E-state index in [-0.39, 0.29) is 23.3 Å². The molecule has 2 atom stereocenters. The number of hydrogen-bond donors (Lipinski definition) is 2. The lowest BCUT2D eigenvalue weighted by Gasteiger charge is -2.16. The number of nitrogens with zero attached hydrogens (tertiary/aromatic N) is 1. The normalized spacial score (nSPS) is 22.2. The van der Waals surface area contributed by atoms with Gasteiger partial charge in [-0.1, -0.05) is 6.42 Å². The molecule has 1 fully saturated rings. The van der Waals surface area contributed by atoms with Gasteiger partial charge < -0.3 is 10.4 Å². The lowest BCUT2D eigenvalue weighted by Crippen LogP contribution is -2.33. The molecule has 1 heterocycles. The Morgan fingerprint density at radius 3 is 2.84 bits per heavy atom. The van der Waals surface area contributed by atoms with Crippen molar-refractivity contribution in [3.8, 4) is 0 Å². The Kier molecular flexibility index (Phi) is 4.09. The van der Waals surface area contributed by atoms with Crippen molar-refractivity contribution in [2.45, 2.75) is 19.3 Å². The van der Waals surface area contributed by atoms with Crippen LogP contribution in [0.2, 0.25) is 0 Å². The summed E-state index contributed by atoms with van der Waals surface area (Å²) in [6.45, 7) is 0.327. The maximum absolute atomic E-state index is 12.6. The molecule has 102 valence electrons. The molecule has 0 aliphatic heterocycles. The van der Waals surface area contributed by atoms with Gasteiger partial charge in [-0.05, 0) is 30.9 Å². The molecule has 0 radical (unpaired) electrons. The van der Waals surface area contributed by atoms with Crippen molar-refractivity contribution in [1.29, 1.82) is 0 Å². The Morgan fingerprint density at radius 1 is 1.42 bits per heavy atom. The quantitative estimate of drug-likeness (QED) is 0.808. The van der Waals surface area contributed by atoms with Crippen molar-refractivity contribution in [3.63, 3.8) is 0 Å². The first-order valence-electron chi connectivity index (χ1n) is 6.20. The predicted octanol–water partition coefficient (Wildman–Crippen LogP) is 1.45.